The van der Waals surface area contributed by atoms with Gasteiger partial charge in [-0.05, 0) is 46.6 Å². The Balaban J connectivity index is 2.97. The minimum absolute atomic E-state index is 0.247. The third kappa shape index (κ3) is 4.91. The van der Waals surface area contributed by atoms with Gasteiger partial charge in [0.1, 0.15) is 0 Å². The van der Waals surface area contributed by atoms with Crippen molar-refractivity contribution in [1.29, 1.82) is 0 Å². The maximum atomic E-state index is 13.1. The first-order chi connectivity index (χ1) is 12.9. The van der Waals surface area contributed by atoms with Crippen LogP contribution < -0.4 is 4.18 Å². The molecule has 8 heteroatoms. The van der Waals surface area contributed by atoms with Crippen LogP contribution in [0.1, 0.15) is 58.2 Å². The first-order valence-corrected chi connectivity index (χ1v) is 10.5. The molecule has 0 fully saturated rings. The number of alkyl halides is 3. The highest BCUT2D eigenvalue weighted by molar-refractivity contribution is 7.88. The van der Waals surface area contributed by atoms with Gasteiger partial charge in [0.2, 0.25) is 0 Å². The first-order valence-electron chi connectivity index (χ1n) is 9.07. The summed E-state index contributed by atoms with van der Waals surface area (Å²) in [5.74, 6) is -0.374. The summed E-state index contributed by atoms with van der Waals surface area (Å²) in [6, 6.07) is 6.71. The maximum absolute atomic E-state index is 13.1. The maximum Gasteiger partial charge on any atom is 0.534 e. The lowest BCUT2D eigenvalue weighted by Crippen LogP contribution is -2.29. The standard InChI is InChI=1S/C21H26F3NO3S/c1-13-9-8-10-25-18(13)17-15(20(5,6)7)11-14(19(2,3)4)12-16(17)28-29(26,27)21(22,23)24/h8-12H,1-7H3. The molecule has 0 bridgehead atoms. The van der Waals surface area contributed by atoms with Crippen molar-refractivity contribution < 1.29 is 25.8 Å². The van der Waals surface area contributed by atoms with Crippen molar-refractivity contribution in [2.24, 2.45) is 0 Å². The molecule has 0 amide bonds. The Hall–Kier alpha value is -2.09. The second-order valence-electron chi connectivity index (χ2n) is 9.05. The van der Waals surface area contributed by atoms with E-state index >= 15 is 0 Å². The fourth-order valence-corrected chi connectivity index (χ4v) is 3.33. The van der Waals surface area contributed by atoms with E-state index in [0.717, 1.165) is 0 Å². The Bertz CT molecular complexity index is 1010. The summed E-state index contributed by atoms with van der Waals surface area (Å²) in [5, 5.41) is 0. The van der Waals surface area contributed by atoms with Gasteiger partial charge in [0.25, 0.3) is 0 Å². The zero-order chi connectivity index (χ0) is 22.4. The molecule has 1 heterocycles. The number of halogens is 3. The quantitative estimate of drug-likeness (QED) is 0.452. The number of rotatable bonds is 3. The summed E-state index contributed by atoms with van der Waals surface area (Å²) in [6.45, 7) is 13.1. The van der Waals surface area contributed by atoms with Gasteiger partial charge in [-0.2, -0.15) is 21.6 Å². The molecule has 2 rings (SSSR count). The molecule has 1 aromatic heterocycles. The van der Waals surface area contributed by atoms with Gasteiger partial charge < -0.3 is 4.18 Å². The highest BCUT2D eigenvalue weighted by Gasteiger charge is 2.49. The minimum atomic E-state index is -5.85. The lowest BCUT2D eigenvalue weighted by atomic mass is 9.77. The smallest absolute Gasteiger partial charge is 0.375 e. The van der Waals surface area contributed by atoms with E-state index < -0.39 is 26.5 Å². The second kappa shape index (κ2) is 7.31. The van der Waals surface area contributed by atoms with Gasteiger partial charge >= 0.3 is 15.6 Å². The number of nitrogens with zero attached hydrogens (tertiary/aromatic N) is 1. The summed E-state index contributed by atoms with van der Waals surface area (Å²) in [6.07, 6.45) is 1.51. The number of benzene rings is 1. The van der Waals surface area contributed by atoms with Gasteiger partial charge in [-0.15, -0.1) is 0 Å². The van der Waals surface area contributed by atoms with Crippen LogP contribution in [0.15, 0.2) is 30.5 Å². The van der Waals surface area contributed by atoms with Crippen LogP contribution in [-0.4, -0.2) is 18.9 Å². The molecule has 4 nitrogen and oxygen atoms in total. The molecule has 0 N–H and O–H groups in total. The van der Waals surface area contributed by atoms with Gasteiger partial charge in [-0.1, -0.05) is 53.7 Å². The zero-order valence-corrected chi connectivity index (χ0v) is 18.4. The van der Waals surface area contributed by atoms with Crippen LogP contribution in [0, 0.1) is 6.92 Å². The van der Waals surface area contributed by atoms with Crippen LogP contribution in [-0.2, 0) is 20.9 Å². The van der Waals surface area contributed by atoms with Gasteiger partial charge in [0.15, 0.2) is 5.75 Å². The Morgan fingerprint density at radius 2 is 1.55 bits per heavy atom. The van der Waals surface area contributed by atoms with Crippen LogP contribution in [0.5, 0.6) is 5.75 Å². The van der Waals surface area contributed by atoms with E-state index in [9.17, 15) is 21.6 Å². The van der Waals surface area contributed by atoms with Crippen LogP contribution in [0.25, 0.3) is 11.3 Å². The third-order valence-corrected chi connectivity index (χ3v) is 5.47. The molecule has 0 aliphatic heterocycles. The van der Waals surface area contributed by atoms with E-state index in [4.69, 9.17) is 0 Å². The molecule has 0 unspecified atom stereocenters. The Morgan fingerprint density at radius 1 is 0.966 bits per heavy atom. The van der Waals surface area contributed by atoms with E-state index in [1.165, 1.54) is 12.3 Å². The van der Waals surface area contributed by atoms with Crippen molar-refractivity contribution in [1.82, 2.24) is 4.98 Å². The molecule has 0 aliphatic carbocycles. The normalized spacial score (nSPS) is 13.4. The van der Waals surface area contributed by atoms with E-state index in [2.05, 4.69) is 9.17 Å². The summed E-state index contributed by atoms with van der Waals surface area (Å²) in [7, 11) is -5.85. The van der Waals surface area contributed by atoms with E-state index in [1.54, 1.807) is 19.1 Å². The third-order valence-electron chi connectivity index (χ3n) is 4.51. The Kier molecular flexibility index (Phi) is 5.84. The van der Waals surface area contributed by atoms with Crippen molar-refractivity contribution >= 4 is 10.1 Å². The number of hydrogen-bond acceptors (Lipinski definition) is 4. The van der Waals surface area contributed by atoms with E-state index in [1.807, 2.05) is 47.6 Å². The topological polar surface area (TPSA) is 56.3 Å². The number of hydrogen-bond donors (Lipinski definition) is 0. The monoisotopic (exact) mass is 429 g/mol. The molecule has 160 valence electrons. The molecule has 0 atom stereocenters. The zero-order valence-electron chi connectivity index (χ0n) is 17.6. The highest BCUT2D eigenvalue weighted by Crippen LogP contribution is 2.44. The SMILES string of the molecule is Cc1cccnc1-c1c(OS(=O)(=O)C(F)(F)F)cc(C(C)(C)C)cc1C(C)(C)C. The molecule has 29 heavy (non-hydrogen) atoms. The molecule has 0 saturated carbocycles. The number of aryl methyl sites for hydroxylation is 1. The molecule has 0 saturated heterocycles. The predicted octanol–water partition coefficient (Wildman–Crippen LogP) is 5.88. The molecular formula is C21H26F3NO3S. The minimum Gasteiger partial charge on any atom is -0.375 e. The van der Waals surface area contributed by atoms with Crippen LogP contribution in [0.4, 0.5) is 13.2 Å². The average Bonchev–Trinajstić information content (AvgIpc) is 2.52. The molecule has 1 aromatic carbocycles. The fraction of sp³-hybridized carbons (Fsp3) is 0.476. The Labute approximate surface area is 170 Å². The van der Waals surface area contributed by atoms with Crippen molar-refractivity contribution in [2.75, 3.05) is 0 Å². The summed E-state index contributed by atoms with van der Waals surface area (Å²) >= 11 is 0. The van der Waals surface area contributed by atoms with Crippen molar-refractivity contribution in [3.8, 4) is 17.0 Å². The van der Waals surface area contributed by atoms with E-state index in [-0.39, 0.29) is 11.3 Å². The molecular weight excluding hydrogens is 403 g/mol. The van der Waals surface area contributed by atoms with E-state index in [0.29, 0.717) is 22.4 Å². The first kappa shape index (κ1) is 23.2. The fourth-order valence-electron chi connectivity index (χ4n) is 2.86. The molecule has 0 spiro atoms. The average molecular weight is 430 g/mol. The van der Waals surface area contributed by atoms with Crippen molar-refractivity contribution in [2.45, 2.75) is 64.8 Å². The van der Waals surface area contributed by atoms with Crippen molar-refractivity contribution in [3.63, 3.8) is 0 Å². The number of aromatic nitrogens is 1. The number of pyridine rings is 1. The largest absolute Gasteiger partial charge is 0.534 e. The van der Waals surface area contributed by atoms with Crippen LogP contribution >= 0.6 is 0 Å². The highest BCUT2D eigenvalue weighted by atomic mass is 32.2. The van der Waals surface area contributed by atoms with Crippen LogP contribution in [0.3, 0.4) is 0 Å². The lowest BCUT2D eigenvalue weighted by Gasteiger charge is -2.29. The Morgan fingerprint density at radius 3 is 2.00 bits per heavy atom. The summed E-state index contributed by atoms with van der Waals surface area (Å²) in [4.78, 5) is 4.31. The molecule has 0 radical (unpaired) electrons. The summed E-state index contributed by atoms with van der Waals surface area (Å²) in [5.41, 5.74) is -3.87. The second-order valence-corrected chi connectivity index (χ2v) is 10.6. The van der Waals surface area contributed by atoms with Gasteiger partial charge in [-0.3, -0.25) is 4.98 Å². The van der Waals surface area contributed by atoms with Crippen molar-refractivity contribution in [3.05, 3.63) is 47.2 Å². The van der Waals surface area contributed by atoms with Gasteiger partial charge in [0, 0.05) is 11.8 Å². The lowest BCUT2D eigenvalue weighted by molar-refractivity contribution is -0.0499. The molecule has 0 aliphatic rings. The van der Waals surface area contributed by atoms with Gasteiger partial charge in [-0.25, -0.2) is 0 Å². The van der Waals surface area contributed by atoms with Gasteiger partial charge in [0.05, 0.1) is 5.69 Å². The summed E-state index contributed by atoms with van der Waals surface area (Å²) < 4.78 is 67.6. The van der Waals surface area contributed by atoms with Crippen LogP contribution in [0.2, 0.25) is 0 Å². The predicted molar refractivity (Wildman–Crippen MR) is 107 cm³/mol. The molecule has 2 aromatic rings.